The van der Waals surface area contributed by atoms with Gasteiger partial charge in [-0.2, -0.15) is 10.3 Å². The van der Waals surface area contributed by atoms with Gasteiger partial charge < -0.3 is 0 Å². The molecule has 0 saturated carbocycles. The molecule has 0 bridgehead atoms. The summed E-state index contributed by atoms with van der Waals surface area (Å²) in [7, 11) is 0. The van der Waals surface area contributed by atoms with Gasteiger partial charge in [0.1, 0.15) is 0 Å². The Hall–Kier alpha value is -2.50. The van der Waals surface area contributed by atoms with Crippen LogP contribution in [0.4, 0.5) is 0 Å². The topological polar surface area (TPSA) is 83.1 Å². The number of benzene rings is 1. The largest absolute Gasteiger partial charge is 0.278 e. The van der Waals surface area contributed by atoms with E-state index in [9.17, 15) is 0 Å². The maximum absolute atomic E-state index is 3.91. The predicted octanol–water partition coefficient (Wildman–Crippen LogP) is 1.26. The Balaban J connectivity index is 1.97. The summed E-state index contributed by atoms with van der Waals surface area (Å²) in [6.45, 7) is 0. The number of aromatic nitrogens is 6. The standard InChI is InChI=1S/C10H8N6/c1-3-8(10-13-15-16-14-10)4-2-7(1)9-5-6-11-12-9/h1-6H,(H,11,12)(H,13,14,15,16). The van der Waals surface area contributed by atoms with E-state index in [0.29, 0.717) is 5.82 Å². The Morgan fingerprint density at radius 3 is 2.38 bits per heavy atom. The molecule has 0 aliphatic heterocycles. The first-order valence-electron chi connectivity index (χ1n) is 4.77. The minimum atomic E-state index is 0.594. The maximum atomic E-state index is 3.91. The first kappa shape index (κ1) is 8.78. The number of tetrazole rings is 1. The summed E-state index contributed by atoms with van der Waals surface area (Å²) in [5.74, 6) is 0.594. The summed E-state index contributed by atoms with van der Waals surface area (Å²) in [6, 6.07) is 9.78. The zero-order valence-electron chi connectivity index (χ0n) is 8.25. The Bertz CT molecular complexity index is 499. The van der Waals surface area contributed by atoms with Crippen molar-refractivity contribution < 1.29 is 0 Å². The van der Waals surface area contributed by atoms with E-state index < -0.39 is 0 Å². The fraction of sp³-hybridized carbons (Fsp3) is 0. The van der Waals surface area contributed by atoms with Gasteiger partial charge in [0.25, 0.3) is 0 Å². The number of H-pyrrole nitrogens is 2. The van der Waals surface area contributed by atoms with Gasteiger partial charge in [-0.05, 0) is 16.8 Å². The Kier molecular flexibility index (Phi) is 1.96. The summed E-state index contributed by atoms with van der Waals surface area (Å²) in [5, 5.41) is 20.6. The normalized spacial score (nSPS) is 10.5. The molecule has 6 nitrogen and oxygen atoms in total. The van der Waals surface area contributed by atoms with Crippen LogP contribution >= 0.6 is 0 Å². The summed E-state index contributed by atoms with van der Waals surface area (Å²) >= 11 is 0. The van der Waals surface area contributed by atoms with E-state index >= 15 is 0 Å². The highest BCUT2D eigenvalue weighted by Gasteiger charge is 2.03. The zero-order chi connectivity index (χ0) is 10.8. The van der Waals surface area contributed by atoms with Gasteiger partial charge in [-0.25, -0.2) is 0 Å². The number of rotatable bonds is 2. The molecule has 0 fully saturated rings. The van der Waals surface area contributed by atoms with Crippen LogP contribution in [0.2, 0.25) is 0 Å². The smallest absolute Gasteiger partial charge is 0.204 e. The summed E-state index contributed by atoms with van der Waals surface area (Å²) in [5.41, 5.74) is 2.99. The van der Waals surface area contributed by atoms with E-state index in [-0.39, 0.29) is 0 Å². The second-order valence-electron chi connectivity index (χ2n) is 3.28. The van der Waals surface area contributed by atoms with Gasteiger partial charge in [-0.3, -0.25) is 5.10 Å². The highest BCUT2D eigenvalue weighted by atomic mass is 15.5. The molecule has 3 aromatic rings. The van der Waals surface area contributed by atoms with Gasteiger partial charge in [0.15, 0.2) is 0 Å². The van der Waals surface area contributed by atoms with E-state index in [1.807, 2.05) is 30.3 Å². The molecule has 16 heavy (non-hydrogen) atoms. The van der Waals surface area contributed by atoms with Crippen molar-refractivity contribution in [1.82, 2.24) is 30.8 Å². The average Bonchev–Trinajstić information content (AvgIpc) is 3.03. The van der Waals surface area contributed by atoms with Gasteiger partial charge in [0.2, 0.25) is 5.82 Å². The van der Waals surface area contributed by atoms with Crippen molar-refractivity contribution in [2.75, 3.05) is 0 Å². The lowest BCUT2D eigenvalue weighted by molar-refractivity contribution is 0.881. The van der Waals surface area contributed by atoms with E-state index in [1.54, 1.807) is 6.20 Å². The third kappa shape index (κ3) is 1.46. The highest BCUT2D eigenvalue weighted by molar-refractivity contribution is 5.64. The molecule has 1 aromatic carbocycles. The van der Waals surface area contributed by atoms with Crippen molar-refractivity contribution in [3.05, 3.63) is 36.5 Å². The minimum absolute atomic E-state index is 0.594. The van der Waals surface area contributed by atoms with Crippen LogP contribution in [0.15, 0.2) is 36.5 Å². The molecular formula is C10H8N6. The molecule has 0 atom stereocenters. The lowest BCUT2D eigenvalue weighted by Crippen LogP contribution is -1.82. The molecule has 0 amide bonds. The zero-order valence-corrected chi connectivity index (χ0v) is 8.25. The van der Waals surface area contributed by atoms with Crippen LogP contribution in [-0.2, 0) is 0 Å². The van der Waals surface area contributed by atoms with Crippen LogP contribution in [-0.4, -0.2) is 30.8 Å². The van der Waals surface area contributed by atoms with Gasteiger partial charge in [-0.15, -0.1) is 10.2 Å². The fourth-order valence-corrected chi connectivity index (χ4v) is 1.50. The number of hydrogen-bond donors (Lipinski definition) is 2. The predicted molar refractivity (Wildman–Crippen MR) is 57.2 cm³/mol. The van der Waals surface area contributed by atoms with Crippen LogP contribution in [0, 0.1) is 0 Å². The fourth-order valence-electron chi connectivity index (χ4n) is 1.50. The third-order valence-electron chi connectivity index (χ3n) is 2.30. The molecular weight excluding hydrogens is 204 g/mol. The summed E-state index contributed by atoms with van der Waals surface area (Å²) in [4.78, 5) is 0. The quantitative estimate of drug-likeness (QED) is 0.669. The maximum Gasteiger partial charge on any atom is 0.204 e. The first-order valence-corrected chi connectivity index (χ1v) is 4.77. The van der Waals surface area contributed by atoms with Crippen molar-refractivity contribution in [1.29, 1.82) is 0 Å². The van der Waals surface area contributed by atoms with Gasteiger partial charge in [-0.1, -0.05) is 24.3 Å². The van der Waals surface area contributed by atoms with Gasteiger partial charge >= 0.3 is 0 Å². The van der Waals surface area contributed by atoms with Crippen molar-refractivity contribution in [3.8, 4) is 22.6 Å². The Labute approximate surface area is 90.7 Å². The van der Waals surface area contributed by atoms with Crippen molar-refractivity contribution in [2.24, 2.45) is 0 Å². The lowest BCUT2D eigenvalue weighted by Gasteiger charge is -1.98. The number of nitrogens with zero attached hydrogens (tertiary/aromatic N) is 4. The van der Waals surface area contributed by atoms with Crippen molar-refractivity contribution in [2.45, 2.75) is 0 Å². The Morgan fingerprint density at radius 2 is 1.75 bits per heavy atom. The summed E-state index contributed by atoms with van der Waals surface area (Å²) < 4.78 is 0. The van der Waals surface area contributed by atoms with Crippen LogP contribution in [0.5, 0.6) is 0 Å². The monoisotopic (exact) mass is 212 g/mol. The second-order valence-corrected chi connectivity index (χ2v) is 3.28. The van der Waals surface area contributed by atoms with E-state index in [1.165, 1.54) is 0 Å². The van der Waals surface area contributed by atoms with Crippen LogP contribution in [0.3, 0.4) is 0 Å². The second kappa shape index (κ2) is 3.58. The van der Waals surface area contributed by atoms with Crippen LogP contribution < -0.4 is 0 Å². The molecule has 0 unspecified atom stereocenters. The molecule has 2 N–H and O–H groups in total. The number of aromatic amines is 2. The van der Waals surface area contributed by atoms with Crippen LogP contribution in [0.1, 0.15) is 0 Å². The molecule has 3 rings (SSSR count). The van der Waals surface area contributed by atoms with E-state index in [0.717, 1.165) is 16.8 Å². The third-order valence-corrected chi connectivity index (χ3v) is 2.30. The molecule has 2 aromatic heterocycles. The number of nitrogens with one attached hydrogen (secondary N) is 2. The number of hydrogen-bond acceptors (Lipinski definition) is 4. The molecule has 0 saturated heterocycles. The summed E-state index contributed by atoms with van der Waals surface area (Å²) in [6.07, 6.45) is 1.72. The minimum Gasteiger partial charge on any atom is -0.278 e. The van der Waals surface area contributed by atoms with Gasteiger partial charge in [0.05, 0.1) is 5.69 Å². The van der Waals surface area contributed by atoms with E-state index in [2.05, 4.69) is 30.8 Å². The highest BCUT2D eigenvalue weighted by Crippen LogP contribution is 2.20. The SMILES string of the molecule is c1cc(-c2ccc(-c3nn[nH]n3)cc2)[nH]n1. The van der Waals surface area contributed by atoms with Crippen LogP contribution in [0.25, 0.3) is 22.6 Å². The molecule has 0 spiro atoms. The molecule has 0 aliphatic rings. The molecule has 0 aliphatic carbocycles. The molecule has 2 heterocycles. The average molecular weight is 212 g/mol. The van der Waals surface area contributed by atoms with Gasteiger partial charge in [0, 0.05) is 11.8 Å². The Morgan fingerprint density at radius 1 is 0.938 bits per heavy atom. The molecule has 0 radical (unpaired) electrons. The molecule has 78 valence electrons. The van der Waals surface area contributed by atoms with E-state index in [4.69, 9.17) is 0 Å². The molecule has 6 heteroatoms. The lowest BCUT2D eigenvalue weighted by atomic mass is 10.1. The first-order chi connectivity index (χ1) is 7.93. The van der Waals surface area contributed by atoms with Crippen molar-refractivity contribution in [3.63, 3.8) is 0 Å². The van der Waals surface area contributed by atoms with Crippen molar-refractivity contribution >= 4 is 0 Å².